The van der Waals surface area contributed by atoms with Gasteiger partial charge in [-0.15, -0.1) is 0 Å². The summed E-state index contributed by atoms with van der Waals surface area (Å²) in [5.74, 6) is -2.90. The molecular weight excluding hydrogens is 255 g/mol. The SMILES string of the molecule is O=C(O)C1CCC2(CO1)CN(C(=O)C(F)(F)F)C2. The van der Waals surface area contributed by atoms with Crippen LogP contribution < -0.4 is 0 Å². The van der Waals surface area contributed by atoms with E-state index in [-0.39, 0.29) is 26.1 Å². The molecule has 1 amide bonds. The topological polar surface area (TPSA) is 66.8 Å². The number of carboxylic acids is 1. The number of alkyl halides is 3. The van der Waals surface area contributed by atoms with Crippen molar-refractivity contribution in [1.29, 1.82) is 0 Å². The van der Waals surface area contributed by atoms with E-state index in [0.717, 1.165) is 4.90 Å². The zero-order valence-electron chi connectivity index (χ0n) is 9.37. The molecule has 2 fully saturated rings. The zero-order chi connectivity index (χ0) is 13.6. The Labute approximate surface area is 100 Å². The number of rotatable bonds is 1. The quantitative estimate of drug-likeness (QED) is 0.757. The first-order chi connectivity index (χ1) is 8.23. The smallest absolute Gasteiger partial charge is 0.471 e. The van der Waals surface area contributed by atoms with E-state index in [0.29, 0.717) is 6.42 Å². The Kier molecular flexibility index (Phi) is 3.00. The second-order valence-corrected chi connectivity index (χ2v) is 4.84. The number of likely N-dealkylation sites (tertiary alicyclic amines) is 1. The maximum Gasteiger partial charge on any atom is 0.471 e. The zero-order valence-corrected chi connectivity index (χ0v) is 9.37. The van der Waals surface area contributed by atoms with Gasteiger partial charge in [0.25, 0.3) is 0 Å². The molecule has 2 aliphatic heterocycles. The lowest BCUT2D eigenvalue weighted by atomic mass is 9.74. The third-order valence-corrected chi connectivity index (χ3v) is 3.39. The molecule has 5 nitrogen and oxygen atoms in total. The number of nitrogens with zero attached hydrogens (tertiary/aromatic N) is 1. The molecule has 0 bridgehead atoms. The van der Waals surface area contributed by atoms with Crippen LogP contribution in [-0.2, 0) is 14.3 Å². The maximum atomic E-state index is 12.1. The molecule has 2 saturated heterocycles. The molecule has 2 rings (SSSR count). The predicted octanol–water partition coefficient (Wildman–Crippen LogP) is 0.641. The van der Waals surface area contributed by atoms with E-state index in [1.54, 1.807) is 0 Å². The van der Waals surface area contributed by atoms with E-state index in [1.807, 2.05) is 0 Å². The first-order valence-electron chi connectivity index (χ1n) is 5.44. The molecule has 0 aromatic carbocycles. The summed E-state index contributed by atoms with van der Waals surface area (Å²) in [6.07, 6.45) is -5.00. The van der Waals surface area contributed by atoms with E-state index in [4.69, 9.17) is 9.84 Å². The Balaban J connectivity index is 1.86. The molecule has 0 aliphatic carbocycles. The number of ether oxygens (including phenoxy) is 1. The number of amides is 1. The Bertz CT molecular complexity index is 366. The van der Waals surface area contributed by atoms with Crippen molar-refractivity contribution in [3.8, 4) is 0 Å². The highest BCUT2D eigenvalue weighted by Crippen LogP contribution is 2.41. The molecule has 102 valence electrons. The van der Waals surface area contributed by atoms with Gasteiger partial charge in [-0.05, 0) is 12.8 Å². The fourth-order valence-electron chi connectivity index (χ4n) is 2.40. The van der Waals surface area contributed by atoms with E-state index < -0.39 is 29.6 Å². The van der Waals surface area contributed by atoms with E-state index >= 15 is 0 Å². The lowest BCUT2D eigenvalue weighted by Gasteiger charge is -2.52. The second kappa shape index (κ2) is 4.11. The van der Waals surface area contributed by atoms with Gasteiger partial charge in [0.05, 0.1) is 6.61 Å². The van der Waals surface area contributed by atoms with Crippen LogP contribution in [0.3, 0.4) is 0 Å². The van der Waals surface area contributed by atoms with Crippen molar-refractivity contribution in [3.63, 3.8) is 0 Å². The van der Waals surface area contributed by atoms with E-state index in [1.165, 1.54) is 0 Å². The number of halogens is 3. The molecule has 2 heterocycles. The number of hydrogen-bond acceptors (Lipinski definition) is 3. The normalized spacial score (nSPS) is 26.8. The van der Waals surface area contributed by atoms with Gasteiger partial charge in [0.15, 0.2) is 6.10 Å². The Morgan fingerprint density at radius 3 is 2.33 bits per heavy atom. The second-order valence-electron chi connectivity index (χ2n) is 4.84. The molecule has 1 spiro atoms. The summed E-state index contributed by atoms with van der Waals surface area (Å²) in [6.45, 7) is 0.0565. The summed E-state index contributed by atoms with van der Waals surface area (Å²) in [5.41, 5.74) is -0.493. The van der Waals surface area contributed by atoms with Crippen molar-refractivity contribution >= 4 is 11.9 Å². The number of carbonyl (C=O) groups excluding carboxylic acids is 1. The van der Waals surface area contributed by atoms with Gasteiger partial charge in [0.1, 0.15) is 0 Å². The average Bonchev–Trinajstić information content (AvgIpc) is 2.23. The molecule has 8 heteroatoms. The lowest BCUT2D eigenvalue weighted by molar-refractivity contribution is -0.206. The lowest BCUT2D eigenvalue weighted by Crippen LogP contribution is -2.64. The van der Waals surface area contributed by atoms with Gasteiger partial charge in [-0.3, -0.25) is 4.79 Å². The Morgan fingerprint density at radius 1 is 1.33 bits per heavy atom. The van der Waals surface area contributed by atoms with Gasteiger partial charge in [-0.2, -0.15) is 13.2 Å². The molecule has 0 saturated carbocycles. The fourth-order valence-corrected chi connectivity index (χ4v) is 2.40. The summed E-state index contributed by atoms with van der Waals surface area (Å²) < 4.78 is 41.5. The number of aliphatic carboxylic acids is 1. The third kappa shape index (κ3) is 2.29. The molecule has 0 radical (unpaired) electrons. The van der Waals surface area contributed by atoms with Crippen molar-refractivity contribution in [1.82, 2.24) is 4.90 Å². The van der Waals surface area contributed by atoms with Crippen molar-refractivity contribution in [2.75, 3.05) is 19.7 Å². The minimum atomic E-state index is -4.85. The van der Waals surface area contributed by atoms with Crippen LogP contribution in [0.5, 0.6) is 0 Å². The highest BCUT2D eigenvalue weighted by atomic mass is 19.4. The standard InChI is InChI=1S/C10H12F3NO4/c11-10(12,13)8(17)14-3-9(4-14)2-1-6(7(15)16)18-5-9/h6H,1-5H2,(H,15,16). The monoisotopic (exact) mass is 267 g/mol. The minimum Gasteiger partial charge on any atom is -0.479 e. The van der Waals surface area contributed by atoms with Crippen LogP contribution in [-0.4, -0.2) is 53.9 Å². The van der Waals surface area contributed by atoms with Crippen LogP contribution in [0.4, 0.5) is 13.2 Å². The first-order valence-corrected chi connectivity index (χ1v) is 5.44. The van der Waals surface area contributed by atoms with Crippen molar-refractivity contribution < 1.29 is 32.6 Å². The molecule has 1 N–H and O–H groups in total. The van der Waals surface area contributed by atoms with Crippen LogP contribution >= 0.6 is 0 Å². The predicted molar refractivity (Wildman–Crippen MR) is 51.7 cm³/mol. The molecule has 2 aliphatic rings. The summed E-state index contributed by atoms with van der Waals surface area (Å²) in [5, 5.41) is 8.71. The van der Waals surface area contributed by atoms with Gasteiger partial charge in [-0.25, -0.2) is 4.79 Å². The summed E-state index contributed by atoms with van der Waals surface area (Å²) in [4.78, 5) is 22.3. The van der Waals surface area contributed by atoms with Crippen molar-refractivity contribution in [2.24, 2.45) is 5.41 Å². The largest absolute Gasteiger partial charge is 0.479 e. The third-order valence-electron chi connectivity index (χ3n) is 3.39. The summed E-state index contributed by atoms with van der Waals surface area (Å²) in [6, 6.07) is 0. The summed E-state index contributed by atoms with van der Waals surface area (Å²) in [7, 11) is 0. The van der Waals surface area contributed by atoms with Gasteiger partial charge in [0, 0.05) is 18.5 Å². The fraction of sp³-hybridized carbons (Fsp3) is 0.800. The highest BCUT2D eigenvalue weighted by molar-refractivity contribution is 5.82. The van der Waals surface area contributed by atoms with E-state index in [9.17, 15) is 22.8 Å². The minimum absolute atomic E-state index is 0.0162. The van der Waals surface area contributed by atoms with Crippen LogP contribution in [0.2, 0.25) is 0 Å². The van der Waals surface area contributed by atoms with Crippen LogP contribution in [0.25, 0.3) is 0 Å². The van der Waals surface area contributed by atoms with Gasteiger partial charge in [-0.1, -0.05) is 0 Å². The summed E-state index contributed by atoms with van der Waals surface area (Å²) >= 11 is 0. The highest BCUT2D eigenvalue weighted by Gasteiger charge is 2.54. The van der Waals surface area contributed by atoms with E-state index in [2.05, 4.69) is 0 Å². The maximum absolute atomic E-state index is 12.1. The molecule has 18 heavy (non-hydrogen) atoms. The van der Waals surface area contributed by atoms with Gasteiger partial charge < -0.3 is 14.7 Å². The number of carbonyl (C=O) groups is 2. The Morgan fingerprint density at radius 2 is 1.94 bits per heavy atom. The number of carboxylic acid groups (broad SMARTS) is 1. The van der Waals surface area contributed by atoms with Gasteiger partial charge in [0.2, 0.25) is 0 Å². The van der Waals surface area contributed by atoms with Crippen LogP contribution in [0.15, 0.2) is 0 Å². The van der Waals surface area contributed by atoms with Crippen LogP contribution in [0, 0.1) is 5.41 Å². The molecular formula is C10H12F3NO4. The first kappa shape index (κ1) is 13.1. The molecule has 1 atom stereocenters. The average molecular weight is 267 g/mol. The van der Waals surface area contributed by atoms with Crippen molar-refractivity contribution in [3.05, 3.63) is 0 Å². The van der Waals surface area contributed by atoms with Gasteiger partial charge >= 0.3 is 18.1 Å². The van der Waals surface area contributed by atoms with Crippen LogP contribution in [0.1, 0.15) is 12.8 Å². The molecule has 0 aromatic heterocycles. The van der Waals surface area contributed by atoms with Crippen molar-refractivity contribution in [2.45, 2.75) is 25.1 Å². The molecule has 0 aromatic rings. The number of hydrogen-bond donors (Lipinski definition) is 1. The molecule has 1 unspecified atom stereocenters. The Hall–Kier alpha value is -1.31.